The number of benzene rings is 2. The zero-order valence-corrected chi connectivity index (χ0v) is 14.0. The number of amidine groups is 1. The molecule has 2 N–H and O–H groups in total. The molecule has 2 aromatic carbocycles. The number of hydrogen-bond acceptors (Lipinski definition) is 2. The molecule has 24 heavy (non-hydrogen) atoms. The highest BCUT2D eigenvalue weighted by atomic mass is 16.4. The van der Waals surface area contributed by atoms with Gasteiger partial charge >= 0.3 is 0 Å². The molecule has 0 aromatic heterocycles. The Labute approximate surface area is 142 Å². The summed E-state index contributed by atoms with van der Waals surface area (Å²) in [5.74, 6) is -0.346. The molecule has 0 aliphatic carbocycles. The molecule has 0 radical (unpaired) electrons. The summed E-state index contributed by atoms with van der Waals surface area (Å²) < 4.78 is 0. The Morgan fingerprint density at radius 3 is 2.54 bits per heavy atom. The van der Waals surface area contributed by atoms with Crippen molar-refractivity contribution < 1.29 is 14.9 Å². The largest absolute Gasteiger partial charge is 0.546 e. The maximum absolute atomic E-state index is 11.6. The second-order valence-corrected chi connectivity index (χ2v) is 6.92. The Morgan fingerprint density at radius 1 is 1.17 bits per heavy atom. The average molecular weight is 322 g/mol. The maximum Gasteiger partial charge on any atom is 0.276 e. The summed E-state index contributed by atoms with van der Waals surface area (Å²) in [4.78, 5) is 14.8. The van der Waals surface area contributed by atoms with E-state index in [1.165, 1.54) is 5.56 Å². The molecule has 4 nitrogen and oxygen atoms in total. The second kappa shape index (κ2) is 6.48. The Morgan fingerprint density at radius 2 is 1.83 bits per heavy atom. The van der Waals surface area contributed by atoms with Crippen LogP contribution in [-0.2, 0) is 17.6 Å². The van der Waals surface area contributed by atoms with Crippen molar-refractivity contribution in [3.63, 3.8) is 0 Å². The first kappa shape index (κ1) is 16.2. The lowest BCUT2D eigenvalue weighted by molar-refractivity contribution is -0.507. The molecule has 0 saturated carbocycles. The van der Waals surface area contributed by atoms with Gasteiger partial charge in [-0.1, -0.05) is 48.5 Å². The van der Waals surface area contributed by atoms with Crippen LogP contribution in [0.15, 0.2) is 54.6 Å². The number of carboxylic acid groups (broad SMARTS) is 1. The van der Waals surface area contributed by atoms with Crippen LogP contribution in [0.3, 0.4) is 0 Å². The SMILES string of the molecule is CC1(C)Cc2ccccc2C(=[NH+][C@@H](Cc2ccccc2)C(=O)[O-])N1. The van der Waals surface area contributed by atoms with Crippen LogP contribution in [0.25, 0.3) is 0 Å². The Bertz CT molecular complexity index is 766. The number of hydrogen-bond donors (Lipinski definition) is 2. The predicted octanol–water partition coefficient (Wildman–Crippen LogP) is -0.201. The van der Waals surface area contributed by atoms with E-state index in [2.05, 4.69) is 30.2 Å². The van der Waals surface area contributed by atoms with E-state index in [1.807, 2.05) is 48.5 Å². The van der Waals surface area contributed by atoms with Gasteiger partial charge in [-0.2, -0.15) is 0 Å². The van der Waals surface area contributed by atoms with Crippen molar-refractivity contribution in [2.45, 2.75) is 38.3 Å². The average Bonchev–Trinajstić information content (AvgIpc) is 2.54. The van der Waals surface area contributed by atoms with Crippen LogP contribution in [0, 0.1) is 0 Å². The smallest absolute Gasteiger partial charge is 0.276 e. The van der Waals surface area contributed by atoms with Crippen molar-refractivity contribution in [1.82, 2.24) is 5.32 Å². The molecular weight excluding hydrogens is 300 g/mol. The van der Waals surface area contributed by atoms with Crippen LogP contribution in [0.1, 0.15) is 30.5 Å². The van der Waals surface area contributed by atoms with Gasteiger partial charge in [-0.25, -0.2) is 0 Å². The van der Waals surface area contributed by atoms with E-state index < -0.39 is 12.0 Å². The number of rotatable bonds is 4. The number of aliphatic carboxylic acids is 1. The molecular formula is C20H22N2O2. The van der Waals surface area contributed by atoms with Crippen molar-refractivity contribution in [1.29, 1.82) is 0 Å². The summed E-state index contributed by atoms with van der Waals surface area (Å²) in [5, 5.41) is 15.1. The number of nitrogens with one attached hydrogen (secondary N) is 2. The molecule has 0 spiro atoms. The van der Waals surface area contributed by atoms with Gasteiger partial charge in [0.05, 0.1) is 11.5 Å². The van der Waals surface area contributed by atoms with Crippen molar-refractivity contribution in [2.75, 3.05) is 0 Å². The Balaban J connectivity index is 1.96. The molecule has 2 aromatic rings. The fraction of sp³-hybridized carbons (Fsp3) is 0.300. The minimum Gasteiger partial charge on any atom is -0.546 e. The van der Waals surface area contributed by atoms with Crippen molar-refractivity contribution in [3.8, 4) is 0 Å². The highest BCUT2D eigenvalue weighted by molar-refractivity contribution is 5.97. The molecule has 1 heterocycles. The van der Waals surface area contributed by atoms with Crippen LogP contribution in [0.2, 0.25) is 0 Å². The minimum absolute atomic E-state index is 0.139. The first-order chi connectivity index (χ1) is 11.4. The lowest BCUT2D eigenvalue weighted by Gasteiger charge is -2.29. The normalized spacial score (nSPS) is 18.5. The van der Waals surface area contributed by atoms with E-state index in [-0.39, 0.29) is 5.54 Å². The molecule has 0 amide bonds. The summed E-state index contributed by atoms with van der Waals surface area (Å²) in [5.41, 5.74) is 3.06. The molecule has 124 valence electrons. The summed E-state index contributed by atoms with van der Waals surface area (Å²) in [7, 11) is 0. The van der Waals surface area contributed by atoms with E-state index in [9.17, 15) is 9.90 Å². The number of carbonyl (C=O) groups is 1. The topological polar surface area (TPSA) is 66.1 Å². The lowest BCUT2D eigenvalue weighted by Crippen LogP contribution is -2.87. The maximum atomic E-state index is 11.6. The standard InChI is InChI=1S/C20H22N2O2/c1-20(2)13-15-10-6-7-11-16(15)18(22-20)21-17(19(23)24)12-14-8-4-3-5-9-14/h3-11,17H,12-13H2,1-2H3,(H,21,22)(H,23,24)/t17-/m0/s1. The third kappa shape index (κ3) is 3.65. The van der Waals surface area contributed by atoms with Gasteiger partial charge in [0.15, 0.2) is 0 Å². The quantitative estimate of drug-likeness (QED) is 0.819. The zero-order chi connectivity index (χ0) is 17.2. The summed E-state index contributed by atoms with van der Waals surface area (Å²) in [6.45, 7) is 4.21. The number of carbonyl (C=O) groups excluding carboxylic acids is 1. The summed E-state index contributed by atoms with van der Waals surface area (Å²) in [6, 6.07) is 16.9. The van der Waals surface area contributed by atoms with E-state index in [0.717, 1.165) is 23.4 Å². The van der Waals surface area contributed by atoms with Crippen LogP contribution >= 0.6 is 0 Å². The molecule has 0 bridgehead atoms. The third-order valence-corrected chi connectivity index (χ3v) is 4.27. The fourth-order valence-electron chi connectivity index (χ4n) is 3.18. The van der Waals surface area contributed by atoms with Gasteiger partial charge in [0.2, 0.25) is 0 Å². The molecule has 3 rings (SSSR count). The van der Waals surface area contributed by atoms with Gasteiger partial charge < -0.3 is 9.90 Å². The molecule has 0 unspecified atom stereocenters. The van der Waals surface area contributed by atoms with Crippen molar-refractivity contribution >= 4 is 11.8 Å². The Hall–Kier alpha value is -2.62. The van der Waals surface area contributed by atoms with E-state index in [0.29, 0.717) is 6.42 Å². The van der Waals surface area contributed by atoms with E-state index in [1.54, 1.807) is 0 Å². The molecule has 0 fully saturated rings. The highest BCUT2D eigenvalue weighted by Gasteiger charge is 2.34. The fourth-order valence-corrected chi connectivity index (χ4v) is 3.18. The molecule has 0 saturated heterocycles. The lowest BCUT2D eigenvalue weighted by atomic mass is 9.87. The van der Waals surface area contributed by atoms with Crippen LogP contribution < -0.4 is 15.4 Å². The molecule has 1 aliphatic heterocycles. The van der Waals surface area contributed by atoms with Crippen molar-refractivity contribution in [2.24, 2.45) is 0 Å². The van der Waals surface area contributed by atoms with Gasteiger partial charge in [0.25, 0.3) is 5.84 Å². The van der Waals surface area contributed by atoms with Gasteiger partial charge in [0.1, 0.15) is 11.6 Å². The van der Waals surface area contributed by atoms with Crippen LogP contribution in [0.5, 0.6) is 0 Å². The van der Waals surface area contributed by atoms with Crippen molar-refractivity contribution in [3.05, 3.63) is 71.3 Å². The van der Waals surface area contributed by atoms with Crippen LogP contribution in [-0.4, -0.2) is 23.4 Å². The monoisotopic (exact) mass is 322 g/mol. The molecule has 4 heteroatoms. The number of carboxylic acids is 1. The summed E-state index contributed by atoms with van der Waals surface area (Å²) in [6.07, 6.45) is 1.26. The number of fused-ring (bicyclic) bond motifs is 1. The predicted molar refractivity (Wildman–Crippen MR) is 91.4 cm³/mol. The van der Waals surface area contributed by atoms with Crippen LogP contribution in [0.4, 0.5) is 0 Å². The summed E-state index contributed by atoms with van der Waals surface area (Å²) >= 11 is 0. The molecule has 1 aliphatic rings. The van der Waals surface area contributed by atoms with E-state index in [4.69, 9.17) is 0 Å². The van der Waals surface area contributed by atoms with Gasteiger partial charge in [-0.15, -0.1) is 0 Å². The zero-order valence-electron chi connectivity index (χ0n) is 14.0. The highest BCUT2D eigenvalue weighted by Crippen LogP contribution is 2.21. The minimum atomic E-state index is -1.10. The first-order valence-corrected chi connectivity index (χ1v) is 8.19. The second-order valence-electron chi connectivity index (χ2n) is 6.92. The van der Waals surface area contributed by atoms with Gasteiger partial charge in [0, 0.05) is 12.8 Å². The van der Waals surface area contributed by atoms with E-state index >= 15 is 0 Å². The van der Waals surface area contributed by atoms with Gasteiger partial charge in [-0.3, -0.25) is 10.3 Å². The van der Waals surface area contributed by atoms with Gasteiger partial charge in [-0.05, 0) is 31.0 Å². The third-order valence-electron chi connectivity index (χ3n) is 4.27. The molecule has 1 atom stereocenters. The first-order valence-electron chi connectivity index (χ1n) is 8.19. The Kier molecular flexibility index (Phi) is 4.38.